The molecule has 0 bridgehead atoms. The fourth-order valence-electron chi connectivity index (χ4n) is 2.66. The van der Waals surface area contributed by atoms with E-state index in [0.29, 0.717) is 34.3 Å². The van der Waals surface area contributed by atoms with Crippen molar-refractivity contribution in [1.29, 1.82) is 0 Å². The second-order valence-electron chi connectivity index (χ2n) is 5.76. The van der Waals surface area contributed by atoms with Crippen LogP contribution in [0.2, 0.25) is 0 Å². The van der Waals surface area contributed by atoms with Crippen LogP contribution in [0, 0.1) is 5.82 Å². The zero-order chi connectivity index (χ0) is 19.2. The molecule has 5 nitrogen and oxygen atoms in total. The average Bonchev–Trinajstić information content (AvgIpc) is 3.14. The van der Waals surface area contributed by atoms with Crippen LogP contribution < -0.4 is 14.8 Å². The minimum Gasteiger partial charge on any atom is -0.493 e. The quantitative estimate of drug-likeness (QED) is 0.671. The van der Waals surface area contributed by atoms with Gasteiger partial charge in [0.1, 0.15) is 10.8 Å². The van der Waals surface area contributed by atoms with Gasteiger partial charge in [0.15, 0.2) is 11.5 Å². The number of carbonyl (C=O) groups is 1. The number of hydrogen-bond donors (Lipinski definition) is 1. The van der Waals surface area contributed by atoms with Crippen LogP contribution in [0.4, 0.5) is 4.39 Å². The molecule has 1 N–H and O–H groups in total. The van der Waals surface area contributed by atoms with Crippen LogP contribution in [0.15, 0.2) is 47.8 Å². The lowest BCUT2D eigenvalue weighted by Crippen LogP contribution is -2.25. The maximum atomic E-state index is 13.3. The lowest BCUT2D eigenvalue weighted by Gasteiger charge is -2.13. The van der Waals surface area contributed by atoms with Crippen LogP contribution in [0.5, 0.6) is 11.5 Å². The van der Waals surface area contributed by atoms with E-state index in [0.717, 1.165) is 5.56 Å². The second-order valence-corrected chi connectivity index (χ2v) is 6.62. The van der Waals surface area contributed by atoms with Crippen molar-refractivity contribution in [3.8, 4) is 22.1 Å². The standard InChI is InChI=1S/C20H19FN2O3S/c1-25-17-8-4-6-14(19(17)26-2)11-22-18(24)10-16-12-27-20(23-16)13-5-3-7-15(21)9-13/h3-9,12H,10-11H2,1-2H3,(H,22,24). The maximum absolute atomic E-state index is 13.3. The topological polar surface area (TPSA) is 60.5 Å². The number of ether oxygens (including phenoxy) is 2. The molecule has 0 radical (unpaired) electrons. The number of methoxy groups -OCH3 is 2. The van der Waals surface area contributed by atoms with E-state index in [1.165, 1.54) is 23.5 Å². The van der Waals surface area contributed by atoms with Gasteiger partial charge in [0.05, 0.1) is 26.3 Å². The first-order chi connectivity index (χ1) is 13.1. The largest absolute Gasteiger partial charge is 0.493 e. The van der Waals surface area contributed by atoms with E-state index in [9.17, 15) is 9.18 Å². The highest BCUT2D eigenvalue weighted by Crippen LogP contribution is 2.30. The van der Waals surface area contributed by atoms with Gasteiger partial charge in [-0.25, -0.2) is 9.37 Å². The molecule has 0 unspecified atom stereocenters. The van der Waals surface area contributed by atoms with Crippen LogP contribution in [-0.4, -0.2) is 25.1 Å². The van der Waals surface area contributed by atoms with Crippen LogP contribution in [0.3, 0.4) is 0 Å². The van der Waals surface area contributed by atoms with Crippen LogP contribution >= 0.6 is 11.3 Å². The number of carbonyl (C=O) groups excluding carboxylic acids is 1. The number of para-hydroxylation sites is 1. The summed E-state index contributed by atoms with van der Waals surface area (Å²) in [5.74, 6) is 0.746. The van der Waals surface area contributed by atoms with Crippen molar-refractivity contribution < 1.29 is 18.7 Å². The normalized spacial score (nSPS) is 10.5. The number of thiazole rings is 1. The minimum atomic E-state index is -0.311. The molecule has 7 heteroatoms. The number of hydrogen-bond acceptors (Lipinski definition) is 5. The van der Waals surface area contributed by atoms with Gasteiger partial charge in [0.25, 0.3) is 0 Å². The first-order valence-electron chi connectivity index (χ1n) is 8.27. The van der Waals surface area contributed by atoms with Gasteiger partial charge in [-0.15, -0.1) is 11.3 Å². The fraction of sp³-hybridized carbons (Fsp3) is 0.200. The molecule has 1 aromatic heterocycles. The third-order valence-electron chi connectivity index (χ3n) is 3.93. The Labute approximate surface area is 160 Å². The number of amides is 1. The third-order valence-corrected chi connectivity index (χ3v) is 4.87. The monoisotopic (exact) mass is 386 g/mol. The van der Waals surface area contributed by atoms with Gasteiger partial charge in [0, 0.05) is 23.1 Å². The molecule has 3 rings (SSSR count). The molecule has 1 heterocycles. The molecule has 27 heavy (non-hydrogen) atoms. The lowest BCUT2D eigenvalue weighted by molar-refractivity contribution is -0.120. The molecule has 0 spiro atoms. The zero-order valence-electron chi connectivity index (χ0n) is 15.0. The van der Waals surface area contributed by atoms with Crippen molar-refractivity contribution in [3.63, 3.8) is 0 Å². The summed E-state index contributed by atoms with van der Waals surface area (Å²) in [6.07, 6.45) is 0.151. The van der Waals surface area contributed by atoms with E-state index in [1.54, 1.807) is 32.4 Å². The van der Waals surface area contributed by atoms with E-state index < -0.39 is 0 Å². The highest BCUT2D eigenvalue weighted by Gasteiger charge is 2.12. The van der Waals surface area contributed by atoms with Gasteiger partial charge in [-0.1, -0.05) is 24.3 Å². The SMILES string of the molecule is COc1cccc(CNC(=O)Cc2csc(-c3cccc(F)c3)n2)c1OC. The fourth-order valence-corrected chi connectivity index (χ4v) is 3.47. The lowest BCUT2D eigenvalue weighted by atomic mass is 10.1. The molecule has 0 atom stereocenters. The smallest absolute Gasteiger partial charge is 0.226 e. The molecular formula is C20H19FN2O3S. The summed E-state index contributed by atoms with van der Waals surface area (Å²) in [4.78, 5) is 16.7. The predicted octanol–water partition coefficient (Wildman–Crippen LogP) is 3.83. The Morgan fingerprint density at radius 2 is 2.00 bits per heavy atom. The summed E-state index contributed by atoms with van der Waals surface area (Å²) in [5, 5.41) is 5.36. The summed E-state index contributed by atoms with van der Waals surface area (Å²) in [5.41, 5.74) is 2.17. The van der Waals surface area contributed by atoms with E-state index in [4.69, 9.17) is 9.47 Å². The number of rotatable bonds is 7. The van der Waals surface area contributed by atoms with Crippen molar-refractivity contribution in [2.24, 2.45) is 0 Å². The summed E-state index contributed by atoms with van der Waals surface area (Å²) < 4.78 is 24.0. The Morgan fingerprint density at radius 1 is 1.19 bits per heavy atom. The van der Waals surface area contributed by atoms with Crippen molar-refractivity contribution in [2.75, 3.05) is 14.2 Å². The Kier molecular flexibility index (Phi) is 6.03. The van der Waals surface area contributed by atoms with E-state index in [1.807, 2.05) is 17.5 Å². The molecule has 3 aromatic rings. The molecule has 1 amide bonds. The van der Waals surface area contributed by atoms with Gasteiger partial charge in [0.2, 0.25) is 5.91 Å². The van der Waals surface area contributed by atoms with Crippen molar-refractivity contribution in [2.45, 2.75) is 13.0 Å². The number of nitrogens with zero attached hydrogens (tertiary/aromatic N) is 1. The second kappa shape index (κ2) is 8.64. The van der Waals surface area contributed by atoms with E-state index in [-0.39, 0.29) is 18.1 Å². The molecule has 0 aliphatic carbocycles. The number of nitrogens with one attached hydrogen (secondary N) is 1. The Balaban J connectivity index is 1.62. The molecule has 140 valence electrons. The summed E-state index contributed by atoms with van der Waals surface area (Å²) >= 11 is 1.38. The highest BCUT2D eigenvalue weighted by molar-refractivity contribution is 7.13. The Hall–Kier alpha value is -2.93. The van der Waals surface area contributed by atoms with Gasteiger partial charge in [-0.2, -0.15) is 0 Å². The van der Waals surface area contributed by atoms with Crippen LogP contribution in [-0.2, 0) is 17.8 Å². The van der Waals surface area contributed by atoms with Crippen molar-refractivity contribution in [3.05, 3.63) is 64.9 Å². The van der Waals surface area contributed by atoms with Crippen LogP contribution in [0.25, 0.3) is 10.6 Å². The molecule has 0 aliphatic heterocycles. The summed E-state index contributed by atoms with van der Waals surface area (Å²) in [6, 6.07) is 11.8. The van der Waals surface area contributed by atoms with Crippen molar-refractivity contribution in [1.82, 2.24) is 10.3 Å². The number of halogens is 1. The first kappa shape index (κ1) is 18.8. The molecule has 0 fully saturated rings. The van der Waals surface area contributed by atoms with Crippen LogP contribution in [0.1, 0.15) is 11.3 Å². The number of aromatic nitrogens is 1. The molecule has 2 aromatic carbocycles. The maximum Gasteiger partial charge on any atom is 0.226 e. The van der Waals surface area contributed by atoms with Crippen molar-refractivity contribution >= 4 is 17.2 Å². The minimum absolute atomic E-state index is 0.151. The van der Waals surface area contributed by atoms with Gasteiger partial charge < -0.3 is 14.8 Å². The first-order valence-corrected chi connectivity index (χ1v) is 9.15. The van der Waals surface area contributed by atoms with Gasteiger partial charge in [-0.05, 0) is 18.2 Å². The zero-order valence-corrected chi connectivity index (χ0v) is 15.8. The molecule has 0 saturated carbocycles. The third kappa shape index (κ3) is 4.62. The molecule has 0 aliphatic rings. The Bertz CT molecular complexity index is 942. The summed E-state index contributed by atoms with van der Waals surface area (Å²) in [7, 11) is 3.13. The predicted molar refractivity (Wildman–Crippen MR) is 103 cm³/mol. The van der Waals surface area contributed by atoms with E-state index >= 15 is 0 Å². The molecular weight excluding hydrogens is 367 g/mol. The van der Waals surface area contributed by atoms with Gasteiger partial charge >= 0.3 is 0 Å². The van der Waals surface area contributed by atoms with E-state index in [2.05, 4.69) is 10.3 Å². The Morgan fingerprint density at radius 3 is 2.74 bits per heavy atom. The molecule has 0 saturated heterocycles. The number of benzene rings is 2. The van der Waals surface area contributed by atoms with Gasteiger partial charge in [-0.3, -0.25) is 4.79 Å². The highest BCUT2D eigenvalue weighted by atomic mass is 32.1. The average molecular weight is 386 g/mol. The summed E-state index contributed by atoms with van der Waals surface area (Å²) in [6.45, 7) is 0.320.